The lowest BCUT2D eigenvalue weighted by Gasteiger charge is -2.37. The molecule has 1 aliphatic rings. The van der Waals surface area contributed by atoms with Gasteiger partial charge in [-0.1, -0.05) is 18.2 Å². The van der Waals surface area contributed by atoms with Gasteiger partial charge >= 0.3 is 5.97 Å². The first-order chi connectivity index (χ1) is 14.6. The Morgan fingerprint density at radius 2 is 1.87 bits per heavy atom. The van der Waals surface area contributed by atoms with Gasteiger partial charge in [-0.25, -0.2) is 0 Å². The van der Waals surface area contributed by atoms with E-state index in [1.54, 1.807) is 14.2 Å². The highest BCUT2D eigenvalue weighted by molar-refractivity contribution is 5.79. The van der Waals surface area contributed by atoms with Crippen molar-refractivity contribution in [2.24, 2.45) is 5.92 Å². The number of nitrogens with zero attached hydrogens (tertiary/aromatic N) is 2. The maximum atomic E-state index is 11.4. The van der Waals surface area contributed by atoms with Crippen molar-refractivity contribution in [2.75, 3.05) is 27.3 Å². The standard InChI is InChI=1S/C24H26N2O4/c1-29-19-7-8-22(30-2)20(14-19)23(26-11-9-16(10-12-26)24(27)28)18-13-17-5-3-4-6-21(17)25-15-18/h3-8,13-16,23H,9-12H2,1-2H3,(H,27,28). The number of aliphatic carboxylic acids is 1. The van der Waals surface area contributed by atoms with Crippen LogP contribution in [0, 0.1) is 5.92 Å². The van der Waals surface area contributed by atoms with Crippen molar-refractivity contribution >= 4 is 16.9 Å². The van der Waals surface area contributed by atoms with Gasteiger partial charge < -0.3 is 14.6 Å². The number of hydrogen-bond acceptors (Lipinski definition) is 5. The monoisotopic (exact) mass is 406 g/mol. The molecule has 1 aliphatic heterocycles. The van der Waals surface area contributed by atoms with E-state index in [1.165, 1.54) is 0 Å². The van der Waals surface area contributed by atoms with Gasteiger partial charge in [0, 0.05) is 17.1 Å². The molecule has 1 fully saturated rings. The molecule has 0 spiro atoms. The molecule has 1 atom stereocenters. The summed E-state index contributed by atoms with van der Waals surface area (Å²) in [5, 5.41) is 10.5. The minimum atomic E-state index is -0.711. The van der Waals surface area contributed by atoms with E-state index in [0.717, 1.165) is 33.5 Å². The number of piperidine rings is 1. The predicted molar refractivity (Wildman–Crippen MR) is 115 cm³/mol. The number of benzene rings is 2. The molecule has 6 heteroatoms. The van der Waals surface area contributed by atoms with Gasteiger partial charge in [0.1, 0.15) is 11.5 Å². The molecule has 0 bridgehead atoms. The largest absolute Gasteiger partial charge is 0.497 e. The van der Waals surface area contributed by atoms with Gasteiger partial charge in [-0.05, 0) is 61.8 Å². The number of hydrogen-bond donors (Lipinski definition) is 1. The number of rotatable bonds is 6. The third-order valence-electron chi connectivity index (χ3n) is 5.90. The van der Waals surface area contributed by atoms with Crippen molar-refractivity contribution in [3.05, 3.63) is 65.9 Å². The lowest BCUT2D eigenvalue weighted by atomic mass is 9.91. The number of likely N-dealkylation sites (tertiary alicyclic amines) is 1. The van der Waals surface area contributed by atoms with Crippen molar-refractivity contribution < 1.29 is 19.4 Å². The molecule has 2 heterocycles. The first-order valence-corrected chi connectivity index (χ1v) is 10.1. The molecule has 6 nitrogen and oxygen atoms in total. The first-order valence-electron chi connectivity index (χ1n) is 10.1. The van der Waals surface area contributed by atoms with E-state index in [0.29, 0.717) is 25.9 Å². The fourth-order valence-corrected chi connectivity index (χ4v) is 4.28. The van der Waals surface area contributed by atoms with Crippen LogP contribution < -0.4 is 9.47 Å². The zero-order chi connectivity index (χ0) is 21.1. The second-order valence-electron chi connectivity index (χ2n) is 7.62. The molecule has 3 aromatic rings. The van der Waals surface area contributed by atoms with Crippen LogP contribution in [0.3, 0.4) is 0 Å². The number of carbonyl (C=O) groups is 1. The van der Waals surface area contributed by atoms with Crippen LogP contribution in [0.15, 0.2) is 54.7 Å². The molecule has 156 valence electrons. The molecule has 0 amide bonds. The van der Waals surface area contributed by atoms with Gasteiger partial charge in [-0.2, -0.15) is 0 Å². The SMILES string of the molecule is COc1ccc(OC)c(C(c2cnc3ccccc3c2)N2CCC(C(=O)O)CC2)c1. The van der Waals surface area contributed by atoms with Crippen molar-refractivity contribution in [3.8, 4) is 11.5 Å². The van der Waals surface area contributed by atoms with Crippen LogP contribution in [-0.2, 0) is 4.79 Å². The summed E-state index contributed by atoms with van der Waals surface area (Å²) in [7, 11) is 3.31. The summed E-state index contributed by atoms with van der Waals surface area (Å²) in [6.07, 6.45) is 3.16. The minimum Gasteiger partial charge on any atom is -0.497 e. The van der Waals surface area contributed by atoms with E-state index < -0.39 is 5.97 Å². The molecular formula is C24H26N2O4. The number of carboxylic acid groups (broad SMARTS) is 1. The van der Waals surface area contributed by atoms with Crippen LogP contribution in [0.4, 0.5) is 0 Å². The summed E-state index contributed by atoms with van der Waals surface area (Å²) in [5.74, 6) is 0.528. The number of fused-ring (bicyclic) bond motifs is 1. The molecule has 4 rings (SSSR count). The highest BCUT2D eigenvalue weighted by atomic mass is 16.5. The Balaban J connectivity index is 1.80. The number of pyridine rings is 1. The number of para-hydroxylation sites is 1. The number of methoxy groups -OCH3 is 2. The summed E-state index contributed by atoms with van der Waals surface area (Å²) in [4.78, 5) is 18.4. The van der Waals surface area contributed by atoms with Crippen LogP contribution in [0.1, 0.15) is 30.0 Å². The molecule has 1 saturated heterocycles. The van der Waals surface area contributed by atoms with Crippen LogP contribution in [-0.4, -0.2) is 48.3 Å². The fraction of sp³-hybridized carbons (Fsp3) is 0.333. The van der Waals surface area contributed by atoms with Crippen LogP contribution in [0.25, 0.3) is 10.9 Å². The zero-order valence-corrected chi connectivity index (χ0v) is 17.2. The maximum Gasteiger partial charge on any atom is 0.306 e. The molecule has 30 heavy (non-hydrogen) atoms. The highest BCUT2D eigenvalue weighted by Crippen LogP contribution is 2.39. The summed E-state index contributed by atoms with van der Waals surface area (Å²) < 4.78 is 11.2. The number of carboxylic acids is 1. The van der Waals surface area contributed by atoms with Crippen molar-refractivity contribution in [2.45, 2.75) is 18.9 Å². The topological polar surface area (TPSA) is 71.9 Å². The molecule has 1 unspecified atom stereocenters. The predicted octanol–water partition coefficient (Wildman–Crippen LogP) is 4.14. The summed E-state index contributed by atoms with van der Waals surface area (Å²) in [6, 6.07) is 15.9. The van der Waals surface area contributed by atoms with E-state index in [-0.39, 0.29) is 12.0 Å². The molecular weight excluding hydrogens is 380 g/mol. The molecule has 0 saturated carbocycles. The first kappa shape index (κ1) is 20.2. The smallest absolute Gasteiger partial charge is 0.306 e. The summed E-state index contributed by atoms with van der Waals surface area (Å²) in [6.45, 7) is 1.38. The van der Waals surface area contributed by atoms with Gasteiger partial charge in [0.15, 0.2) is 0 Å². The van der Waals surface area contributed by atoms with E-state index in [4.69, 9.17) is 9.47 Å². The Morgan fingerprint density at radius 3 is 2.57 bits per heavy atom. The van der Waals surface area contributed by atoms with E-state index >= 15 is 0 Å². The van der Waals surface area contributed by atoms with Crippen LogP contribution >= 0.6 is 0 Å². The molecule has 1 aromatic heterocycles. The summed E-state index contributed by atoms with van der Waals surface area (Å²) in [5.41, 5.74) is 2.99. The summed E-state index contributed by atoms with van der Waals surface area (Å²) >= 11 is 0. The van der Waals surface area contributed by atoms with Crippen LogP contribution in [0.5, 0.6) is 11.5 Å². The van der Waals surface area contributed by atoms with Crippen molar-refractivity contribution in [3.63, 3.8) is 0 Å². The lowest BCUT2D eigenvalue weighted by Crippen LogP contribution is -2.39. The average molecular weight is 406 g/mol. The van der Waals surface area contributed by atoms with Crippen LogP contribution in [0.2, 0.25) is 0 Å². The lowest BCUT2D eigenvalue weighted by molar-refractivity contribution is -0.143. The Kier molecular flexibility index (Phi) is 5.86. The van der Waals surface area contributed by atoms with Gasteiger partial charge in [0.2, 0.25) is 0 Å². The second-order valence-corrected chi connectivity index (χ2v) is 7.62. The zero-order valence-electron chi connectivity index (χ0n) is 17.2. The minimum absolute atomic E-state index is 0.109. The Hall–Kier alpha value is -3.12. The van der Waals surface area contributed by atoms with Crippen molar-refractivity contribution in [1.82, 2.24) is 9.88 Å². The van der Waals surface area contributed by atoms with E-state index in [9.17, 15) is 9.90 Å². The number of aromatic nitrogens is 1. The van der Waals surface area contributed by atoms with Gasteiger partial charge in [0.05, 0.1) is 31.7 Å². The molecule has 2 aromatic carbocycles. The highest BCUT2D eigenvalue weighted by Gasteiger charge is 2.32. The Bertz CT molecular complexity index is 1040. The second kappa shape index (κ2) is 8.71. The molecule has 1 N–H and O–H groups in total. The van der Waals surface area contributed by atoms with Gasteiger partial charge in [-0.15, -0.1) is 0 Å². The van der Waals surface area contributed by atoms with Crippen molar-refractivity contribution in [1.29, 1.82) is 0 Å². The fourth-order valence-electron chi connectivity index (χ4n) is 4.28. The molecule has 0 radical (unpaired) electrons. The third-order valence-corrected chi connectivity index (χ3v) is 5.90. The van der Waals surface area contributed by atoms with Gasteiger partial charge in [-0.3, -0.25) is 14.7 Å². The third kappa shape index (κ3) is 3.96. The Labute approximate surface area is 176 Å². The Morgan fingerprint density at radius 1 is 1.10 bits per heavy atom. The number of ether oxygens (including phenoxy) is 2. The van der Waals surface area contributed by atoms with E-state index in [1.807, 2.05) is 42.6 Å². The molecule has 0 aliphatic carbocycles. The average Bonchev–Trinajstić information content (AvgIpc) is 2.79. The normalized spacial score (nSPS) is 16.3. The quantitative estimate of drug-likeness (QED) is 0.663. The van der Waals surface area contributed by atoms with Gasteiger partial charge in [0.25, 0.3) is 0 Å². The van der Waals surface area contributed by atoms with E-state index in [2.05, 4.69) is 22.0 Å². The maximum absolute atomic E-state index is 11.4.